The zero-order valence-electron chi connectivity index (χ0n) is 9.75. The fourth-order valence-electron chi connectivity index (χ4n) is 1.47. The lowest BCUT2D eigenvalue weighted by Crippen LogP contribution is -2.15. The third-order valence-electron chi connectivity index (χ3n) is 2.30. The monoisotopic (exact) mass is 219 g/mol. The topological polar surface area (TPSA) is 38.3 Å². The maximum absolute atomic E-state index is 11.4. The SMILES string of the molecule is C=CCOC(=O)Nc1c(C)cccc1CC. The van der Waals surface area contributed by atoms with Crippen molar-refractivity contribution >= 4 is 11.8 Å². The van der Waals surface area contributed by atoms with Gasteiger partial charge < -0.3 is 4.74 Å². The minimum Gasteiger partial charge on any atom is -0.445 e. The summed E-state index contributed by atoms with van der Waals surface area (Å²) in [5.41, 5.74) is 2.99. The van der Waals surface area contributed by atoms with Crippen LogP contribution in [0.3, 0.4) is 0 Å². The van der Waals surface area contributed by atoms with Crippen LogP contribution in [0.2, 0.25) is 0 Å². The second-order valence-electron chi connectivity index (χ2n) is 3.47. The third-order valence-corrected chi connectivity index (χ3v) is 2.30. The van der Waals surface area contributed by atoms with Gasteiger partial charge in [0.2, 0.25) is 0 Å². The summed E-state index contributed by atoms with van der Waals surface area (Å²) in [5.74, 6) is 0. The molecule has 0 aliphatic heterocycles. The molecule has 0 unspecified atom stereocenters. The molecule has 0 spiro atoms. The van der Waals surface area contributed by atoms with Crippen LogP contribution in [0.4, 0.5) is 10.5 Å². The van der Waals surface area contributed by atoms with Crippen LogP contribution in [0, 0.1) is 6.92 Å². The van der Waals surface area contributed by atoms with Gasteiger partial charge in [-0.1, -0.05) is 37.8 Å². The van der Waals surface area contributed by atoms with Crippen molar-refractivity contribution in [3.05, 3.63) is 42.0 Å². The first-order chi connectivity index (χ1) is 7.69. The van der Waals surface area contributed by atoms with Gasteiger partial charge in [-0.2, -0.15) is 0 Å². The molecule has 3 heteroatoms. The van der Waals surface area contributed by atoms with Crippen molar-refractivity contribution in [3.63, 3.8) is 0 Å². The highest BCUT2D eigenvalue weighted by atomic mass is 16.5. The van der Waals surface area contributed by atoms with Crippen molar-refractivity contribution in [1.29, 1.82) is 0 Å². The lowest BCUT2D eigenvalue weighted by atomic mass is 10.1. The fraction of sp³-hybridized carbons (Fsp3) is 0.308. The molecule has 0 radical (unpaired) electrons. The second kappa shape index (κ2) is 5.95. The maximum atomic E-state index is 11.4. The highest BCUT2D eigenvalue weighted by molar-refractivity contribution is 5.86. The Morgan fingerprint density at radius 3 is 2.94 bits per heavy atom. The molecule has 0 aliphatic carbocycles. The average molecular weight is 219 g/mol. The van der Waals surface area contributed by atoms with Crippen molar-refractivity contribution in [2.45, 2.75) is 20.3 Å². The quantitative estimate of drug-likeness (QED) is 0.789. The van der Waals surface area contributed by atoms with Crippen molar-refractivity contribution < 1.29 is 9.53 Å². The van der Waals surface area contributed by atoms with Gasteiger partial charge in [0.25, 0.3) is 0 Å². The number of carbonyl (C=O) groups excluding carboxylic acids is 1. The van der Waals surface area contributed by atoms with E-state index in [0.29, 0.717) is 0 Å². The summed E-state index contributed by atoms with van der Waals surface area (Å²) < 4.78 is 4.88. The number of hydrogen-bond acceptors (Lipinski definition) is 2. The molecular formula is C13H17NO2. The predicted molar refractivity (Wildman–Crippen MR) is 65.7 cm³/mol. The zero-order chi connectivity index (χ0) is 12.0. The number of amides is 1. The molecule has 0 fully saturated rings. The normalized spacial score (nSPS) is 9.62. The highest BCUT2D eigenvalue weighted by Gasteiger charge is 2.08. The van der Waals surface area contributed by atoms with Crippen LogP contribution in [0.15, 0.2) is 30.9 Å². The Kier molecular flexibility index (Phi) is 4.58. The van der Waals surface area contributed by atoms with Crippen LogP contribution in [0.1, 0.15) is 18.1 Å². The van der Waals surface area contributed by atoms with Crippen LogP contribution in [-0.4, -0.2) is 12.7 Å². The maximum Gasteiger partial charge on any atom is 0.411 e. The summed E-state index contributed by atoms with van der Waals surface area (Å²) in [4.78, 5) is 11.4. The van der Waals surface area contributed by atoms with E-state index >= 15 is 0 Å². The first kappa shape index (κ1) is 12.3. The number of hydrogen-bond donors (Lipinski definition) is 1. The van der Waals surface area contributed by atoms with Gasteiger partial charge in [-0.05, 0) is 24.5 Å². The van der Waals surface area contributed by atoms with Crippen LogP contribution in [0.25, 0.3) is 0 Å². The van der Waals surface area contributed by atoms with E-state index in [1.807, 2.05) is 25.1 Å². The summed E-state index contributed by atoms with van der Waals surface area (Å²) >= 11 is 0. The molecule has 0 aliphatic rings. The number of nitrogens with one attached hydrogen (secondary N) is 1. The van der Waals surface area contributed by atoms with Gasteiger partial charge in [0, 0.05) is 0 Å². The Balaban J connectivity index is 2.79. The van der Waals surface area contributed by atoms with E-state index in [1.54, 1.807) is 0 Å². The van der Waals surface area contributed by atoms with E-state index in [1.165, 1.54) is 6.08 Å². The van der Waals surface area contributed by atoms with E-state index in [0.717, 1.165) is 23.2 Å². The highest BCUT2D eigenvalue weighted by Crippen LogP contribution is 2.21. The molecule has 1 aromatic carbocycles. The lowest BCUT2D eigenvalue weighted by Gasteiger charge is -2.12. The van der Waals surface area contributed by atoms with Crippen molar-refractivity contribution in [2.75, 3.05) is 11.9 Å². The smallest absolute Gasteiger partial charge is 0.411 e. The molecule has 1 rings (SSSR count). The van der Waals surface area contributed by atoms with Crippen LogP contribution in [0.5, 0.6) is 0 Å². The Bertz CT molecular complexity index is 386. The average Bonchev–Trinajstić information content (AvgIpc) is 2.29. The van der Waals surface area contributed by atoms with Gasteiger partial charge in [-0.25, -0.2) is 4.79 Å². The first-order valence-electron chi connectivity index (χ1n) is 5.32. The zero-order valence-corrected chi connectivity index (χ0v) is 9.75. The summed E-state index contributed by atoms with van der Waals surface area (Å²) in [5, 5.41) is 2.76. The summed E-state index contributed by atoms with van der Waals surface area (Å²) in [6.45, 7) is 7.72. The fourth-order valence-corrected chi connectivity index (χ4v) is 1.47. The number of benzene rings is 1. The number of rotatable bonds is 4. The molecule has 0 heterocycles. The summed E-state index contributed by atoms with van der Waals surface area (Å²) in [6.07, 6.45) is 1.97. The van der Waals surface area contributed by atoms with Crippen molar-refractivity contribution in [2.24, 2.45) is 0 Å². The summed E-state index contributed by atoms with van der Waals surface area (Å²) in [7, 11) is 0. The predicted octanol–water partition coefficient (Wildman–Crippen LogP) is 3.29. The molecule has 16 heavy (non-hydrogen) atoms. The van der Waals surface area contributed by atoms with Crippen LogP contribution in [-0.2, 0) is 11.2 Å². The number of anilines is 1. The number of ether oxygens (including phenoxy) is 1. The third kappa shape index (κ3) is 3.12. The Hall–Kier alpha value is -1.77. The number of carbonyl (C=O) groups is 1. The molecule has 0 atom stereocenters. The van der Waals surface area contributed by atoms with Crippen LogP contribution >= 0.6 is 0 Å². The van der Waals surface area contributed by atoms with Gasteiger partial charge in [0.1, 0.15) is 6.61 Å². The molecule has 86 valence electrons. The Morgan fingerprint density at radius 2 is 2.31 bits per heavy atom. The molecule has 0 bridgehead atoms. The Labute approximate surface area is 96.1 Å². The van der Waals surface area contributed by atoms with E-state index < -0.39 is 6.09 Å². The van der Waals surface area contributed by atoms with Gasteiger partial charge in [-0.15, -0.1) is 0 Å². The summed E-state index contributed by atoms with van der Waals surface area (Å²) in [6, 6.07) is 5.94. The molecule has 1 amide bonds. The molecular weight excluding hydrogens is 202 g/mol. The van der Waals surface area contributed by atoms with E-state index in [-0.39, 0.29) is 6.61 Å². The largest absolute Gasteiger partial charge is 0.445 e. The minimum atomic E-state index is -0.441. The molecule has 0 saturated heterocycles. The van der Waals surface area contributed by atoms with Crippen LogP contribution < -0.4 is 5.32 Å². The van der Waals surface area contributed by atoms with Gasteiger partial charge in [-0.3, -0.25) is 5.32 Å². The van der Waals surface area contributed by atoms with E-state index in [4.69, 9.17) is 4.74 Å². The number of aryl methyl sites for hydroxylation is 2. The molecule has 0 saturated carbocycles. The van der Waals surface area contributed by atoms with Crippen molar-refractivity contribution in [3.8, 4) is 0 Å². The molecule has 0 aromatic heterocycles. The Morgan fingerprint density at radius 1 is 1.56 bits per heavy atom. The lowest BCUT2D eigenvalue weighted by molar-refractivity contribution is 0.174. The van der Waals surface area contributed by atoms with Crippen molar-refractivity contribution in [1.82, 2.24) is 0 Å². The molecule has 3 nitrogen and oxygen atoms in total. The van der Waals surface area contributed by atoms with Gasteiger partial charge in [0.05, 0.1) is 5.69 Å². The van der Waals surface area contributed by atoms with E-state index in [9.17, 15) is 4.79 Å². The number of para-hydroxylation sites is 1. The molecule has 1 N–H and O–H groups in total. The standard InChI is InChI=1S/C13H17NO2/c1-4-9-16-13(15)14-12-10(3)7-6-8-11(12)5-2/h4,6-8H,1,5,9H2,2-3H3,(H,14,15). The minimum absolute atomic E-state index is 0.221. The molecule has 1 aromatic rings. The van der Waals surface area contributed by atoms with Gasteiger partial charge in [0.15, 0.2) is 0 Å². The second-order valence-corrected chi connectivity index (χ2v) is 3.47. The first-order valence-corrected chi connectivity index (χ1v) is 5.32. The van der Waals surface area contributed by atoms with E-state index in [2.05, 4.69) is 18.8 Å². The van der Waals surface area contributed by atoms with Gasteiger partial charge >= 0.3 is 6.09 Å².